The number of nitrogens with zero attached hydrogens (tertiary/aromatic N) is 2. The lowest BCUT2D eigenvalue weighted by molar-refractivity contribution is -0.123. The molecule has 0 radical (unpaired) electrons. The fourth-order valence-corrected chi connectivity index (χ4v) is 3.83. The van der Waals surface area contributed by atoms with Gasteiger partial charge in [0.05, 0.1) is 12.1 Å². The summed E-state index contributed by atoms with van der Waals surface area (Å²) in [6.45, 7) is 3.95. The van der Waals surface area contributed by atoms with Gasteiger partial charge in [-0.3, -0.25) is 4.79 Å². The van der Waals surface area contributed by atoms with Gasteiger partial charge in [-0.15, -0.1) is 0 Å². The first kappa shape index (κ1) is 18.3. The first-order chi connectivity index (χ1) is 12.5. The number of carbonyl (C=O) groups excluding carboxylic acids is 1. The maximum absolute atomic E-state index is 12.3. The van der Waals surface area contributed by atoms with Crippen LogP contribution in [0.3, 0.4) is 0 Å². The van der Waals surface area contributed by atoms with E-state index in [0.29, 0.717) is 10.8 Å². The highest BCUT2D eigenvalue weighted by Gasteiger charge is 2.37. The van der Waals surface area contributed by atoms with Gasteiger partial charge in [0.2, 0.25) is 0 Å². The summed E-state index contributed by atoms with van der Waals surface area (Å²) in [6.07, 6.45) is 3.90. The number of halogens is 1. The lowest BCUT2D eigenvalue weighted by atomic mass is 10.1. The molecule has 26 heavy (non-hydrogen) atoms. The minimum absolute atomic E-state index is 0.00902. The molecular formula is C20H22ClN3O2. The lowest BCUT2D eigenvalue weighted by Gasteiger charge is -2.22. The van der Waals surface area contributed by atoms with E-state index in [9.17, 15) is 10.1 Å². The number of hydrogen-bond acceptors (Lipinski definition) is 4. The van der Waals surface area contributed by atoms with Crippen molar-refractivity contribution in [3.05, 3.63) is 41.4 Å². The van der Waals surface area contributed by atoms with E-state index in [-0.39, 0.29) is 30.6 Å². The van der Waals surface area contributed by atoms with Crippen LogP contribution < -0.4 is 10.1 Å². The molecule has 6 heteroatoms. The molecule has 1 fully saturated rings. The van der Waals surface area contributed by atoms with E-state index in [4.69, 9.17) is 16.3 Å². The molecule has 136 valence electrons. The summed E-state index contributed by atoms with van der Waals surface area (Å²) in [6, 6.07) is 11.3. The van der Waals surface area contributed by atoms with E-state index in [0.717, 1.165) is 23.6 Å². The highest BCUT2D eigenvalue weighted by molar-refractivity contribution is 6.35. The topological polar surface area (TPSA) is 65.4 Å². The van der Waals surface area contributed by atoms with Gasteiger partial charge < -0.3 is 15.0 Å². The van der Waals surface area contributed by atoms with Gasteiger partial charge in [0, 0.05) is 21.8 Å². The molecule has 1 amide bonds. The average molecular weight is 372 g/mol. The van der Waals surface area contributed by atoms with Crippen LogP contribution in [-0.2, 0) is 4.79 Å². The molecule has 0 bridgehead atoms. The molecule has 2 aromatic rings. The van der Waals surface area contributed by atoms with E-state index >= 15 is 0 Å². The number of nitriles is 1. The Labute approximate surface area is 158 Å². The van der Waals surface area contributed by atoms with Crippen molar-refractivity contribution in [3.63, 3.8) is 0 Å². The summed E-state index contributed by atoms with van der Waals surface area (Å²) in [4.78, 5) is 14.1. The van der Waals surface area contributed by atoms with Crippen LogP contribution in [-0.4, -0.2) is 35.5 Å². The third kappa shape index (κ3) is 3.56. The molecule has 0 spiro atoms. The zero-order valence-electron chi connectivity index (χ0n) is 14.9. The van der Waals surface area contributed by atoms with Crippen molar-refractivity contribution in [1.29, 1.82) is 5.26 Å². The number of carbonyl (C=O) groups is 1. The molecule has 0 aliphatic carbocycles. The van der Waals surface area contributed by atoms with Crippen LogP contribution >= 0.6 is 11.6 Å². The lowest BCUT2D eigenvalue weighted by Crippen LogP contribution is -2.44. The number of rotatable bonds is 5. The number of likely N-dealkylation sites (tertiary alicyclic amines) is 1. The monoisotopic (exact) mass is 371 g/mol. The van der Waals surface area contributed by atoms with Gasteiger partial charge in [-0.25, -0.2) is 0 Å². The van der Waals surface area contributed by atoms with E-state index in [1.807, 2.05) is 31.2 Å². The highest BCUT2D eigenvalue weighted by Crippen LogP contribution is 2.31. The van der Waals surface area contributed by atoms with Crippen LogP contribution in [0.15, 0.2) is 36.4 Å². The van der Waals surface area contributed by atoms with E-state index in [1.54, 1.807) is 17.0 Å². The second-order valence-corrected chi connectivity index (χ2v) is 7.01. The Morgan fingerprint density at radius 3 is 2.73 bits per heavy atom. The Morgan fingerprint density at radius 1 is 1.35 bits per heavy atom. The van der Waals surface area contributed by atoms with Crippen molar-refractivity contribution >= 4 is 28.3 Å². The normalized spacial score (nSPS) is 22.2. The third-order valence-corrected chi connectivity index (χ3v) is 5.39. The fourth-order valence-electron chi connectivity index (χ4n) is 3.60. The van der Waals surface area contributed by atoms with E-state index in [1.165, 1.54) is 0 Å². The Balaban J connectivity index is 1.64. The van der Waals surface area contributed by atoms with Gasteiger partial charge in [0.15, 0.2) is 12.8 Å². The molecule has 1 saturated heterocycles. The van der Waals surface area contributed by atoms with Crippen LogP contribution in [0, 0.1) is 11.5 Å². The molecule has 1 aliphatic rings. The first-order valence-corrected chi connectivity index (χ1v) is 9.20. The van der Waals surface area contributed by atoms with Crippen molar-refractivity contribution in [1.82, 2.24) is 10.2 Å². The molecule has 1 N–H and O–H groups in total. The van der Waals surface area contributed by atoms with Gasteiger partial charge in [-0.2, -0.15) is 5.26 Å². The molecule has 0 saturated carbocycles. The number of hydrogen-bond donors (Lipinski definition) is 1. The Hall–Kier alpha value is -2.45. The van der Waals surface area contributed by atoms with Crippen molar-refractivity contribution in [2.24, 2.45) is 0 Å². The summed E-state index contributed by atoms with van der Waals surface area (Å²) in [5.74, 6) is 0.445. The summed E-state index contributed by atoms with van der Waals surface area (Å²) in [5, 5.41) is 14.7. The number of benzene rings is 2. The third-order valence-electron chi connectivity index (χ3n) is 5.06. The van der Waals surface area contributed by atoms with Crippen LogP contribution in [0.5, 0.6) is 5.75 Å². The van der Waals surface area contributed by atoms with Crippen molar-refractivity contribution < 1.29 is 9.53 Å². The van der Waals surface area contributed by atoms with Gasteiger partial charge in [-0.05, 0) is 31.9 Å². The fraction of sp³-hybridized carbons (Fsp3) is 0.400. The van der Waals surface area contributed by atoms with Crippen molar-refractivity contribution in [2.75, 3.05) is 6.61 Å². The van der Waals surface area contributed by atoms with Crippen LogP contribution in [0.1, 0.15) is 26.7 Å². The molecule has 2 aromatic carbocycles. The zero-order valence-corrected chi connectivity index (χ0v) is 15.7. The largest absolute Gasteiger partial charge is 0.483 e. The van der Waals surface area contributed by atoms with Crippen LogP contribution in [0.4, 0.5) is 0 Å². The molecule has 0 unspecified atom stereocenters. The second kappa shape index (κ2) is 7.84. The number of fused-ring (bicyclic) bond motifs is 1. The summed E-state index contributed by atoms with van der Waals surface area (Å²) < 4.78 is 5.74. The van der Waals surface area contributed by atoms with Gasteiger partial charge in [0.25, 0.3) is 5.91 Å². The van der Waals surface area contributed by atoms with Crippen LogP contribution in [0.25, 0.3) is 10.8 Å². The van der Waals surface area contributed by atoms with Gasteiger partial charge >= 0.3 is 0 Å². The number of ether oxygens (including phenoxy) is 1. The second-order valence-electron chi connectivity index (χ2n) is 6.60. The smallest absolute Gasteiger partial charge is 0.258 e. The summed E-state index contributed by atoms with van der Waals surface area (Å²) in [7, 11) is 0. The predicted octanol–water partition coefficient (Wildman–Crippen LogP) is 3.71. The Kier molecular flexibility index (Phi) is 5.53. The maximum Gasteiger partial charge on any atom is 0.258 e. The zero-order chi connectivity index (χ0) is 18.7. The quantitative estimate of drug-likeness (QED) is 0.813. The minimum atomic E-state index is -0.185. The molecule has 1 heterocycles. The molecule has 5 nitrogen and oxygen atoms in total. The molecule has 1 aliphatic heterocycles. The highest BCUT2D eigenvalue weighted by atomic mass is 35.5. The number of amides is 1. The average Bonchev–Trinajstić information content (AvgIpc) is 2.96. The van der Waals surface area contributed by atoms with Gasteiger partial charge in [-0.1, -0.05) is 42.8 Å². The molecule has 3 rings (SSSR count). The first-order valence-electron chi connectivity index (χ1n) is 8.82. The molecular weight excluding hydrogens is 350 g/mol. The van der Waals surface area contributed by atoms with E-state index in [2.05, 4.69) is 18.4 Å². The SMILES string of the molecule is CC[C@H]1C[C@@H](NC(=O)COc2ccc(Cl)c3ccccc23)[C@@H](C)N1C#N. The standard InChI is InChI=1S/C20H22ClN3O2/c1-3-14-10-18(13(2)24(14)12-22)23-20(25)11-26-19-9-8-17(21)15-6-4-5-7-16(15)19/h4-9,13-14,18H,3,10-11H2,1-2H3,(H,23,25)/t13-,14+,18-/m1/s1. The molecule has 3 atom stereocenters. The van der Waals surface area contributed by atoms with E-state index < -0.39 is 0 Å². The Bertz CT molecular complexity index is 849. The Morgan fingerprint density at radius 2 is 2.08 bits per heavy atom. The van der Waals surface area contributed by atoms with Crippen LogP contribution in [0.2, 0.25) is 5.02 Å². The summed E-state index contributed by atoms with van der Waals surface area (Å²) >= 11 is 6.21. The van der Waals surface area contributed by atoms with Crippen molar-refractivity contribution in [2.45, 2.75) is 44.8 Å². The molecule has 0 aromatic heterocycles. The predicted molar refractivity (Wildman–Crippen MR) is 102 cm³/mol. The van der Waals surface area contributed by atoms with Crippen molar-refractivity contribution in [3.8, 4) is 11.9 Å². The minimum Gasteiger partial charge on any atom is -0.483 e. The maximum atomic E-state index is 12.3. The van der Waals surface area contributed by atoms with Gasteiger partial charge in [0.1, 0.15) is 5.75 Å². The number of nitrogens with one attached hydrogen (secondary N) is 1. The summed E-state index contributed by atoms with van der Waals surface area (Å²) in [5.41, 5.74) is 0.